The number of esters is 2. The predicted octanol–water partition coefficient (Wildman–Crippen LogP) is 12.8. The van der Waals surface area contributed by atoms with Gasteiger partial charge < -0.3 is 25.2 Å². The SMILES string of the molecule is CC/C=C\C/C=C\C/C=C\C/C=C\C=C/C(O)C/C=C\CCC(=O)OC[C@H](COP(=O)(O)OCCN)OC(=O)CCCCCCCCCCCCCCCCCCCCC. The maximum atomic E-state index is 12.6. The molecule has 0 saturated heterocycles. The summed E-state index contributed by atoms with van der Waals surface area (Å²) < 4.78 is 32.7. The summed E-state index contributed by atoms with van der Waals surface area (Å²) in [5.74, 6) is -1.01. The largest absolute Gasteiger partial charge is 0.472 e. The second kappa shape index (κ2) is 44.5. The molecule has 346 valence electrons. The number of carbonyl (C=O) groups excluding carboxylic acids is 2. The minimum Gasteiger partial charge on any atom is -0.462 e. The van der Waals surface area contributed by atoms with Crippen molar-refractivity contribution in [1.29, 1.82) is 0 Å². The van der Waals surface area contributed by atoms with Crippen molar-refractivity contribution < 1.29 is 42.7 Å². The van der Waals surface area contributed by atoms with Crippen LogP contribution in [-0.4, -0.2) is 60.5 Å². The third-order valence-corrected chi connectivity index (χ3v) is 10.7. The van der Waals surface area contributed by atoms with Crippen molar-refractivity contribution in [2.45, 2.75) is 199 Å². The molecule has 0 aromatic heterocycles. The number of aliphatic hydroxyl groups is 1. The smallest absolute Gasteiger partial charge is 0.462 e. The molecule has 60 heavy (non-hydrogen) atoms. The Kier molecular flexibility index (Phi) is 42.5. The van der Waals surface area contributed by atoms with Crippen LogP contribution in [-0.2, 0) is 32.7 Å². The van der Waals surface area contributed by atoms with Gasteiger partial charge in [0.05, 0.1) is 19.3 Å². The molecule has 4 N–H and O–H groups in total. The van der Waals surface area contributed by atoms with Crippen LogP contribution in [0.2, 0.25) is 0 Å². The van der Waals surface area contributed by atoms with E-state index in [0.29, 0.717) is 19.3 Å². The lowest BCUT2D eigenvalue weighted by molar-refractivity contribution is -0.161. The van der Waals surface area contributed by atoms with Crippen molar-refractivity contribution in [3.63, 3.8) is 0 Å². The molecule has 0 spiro atoms. The highest BCUT2D eigenvalue weighted by Crippen LogP contribution is 2.43. The Morgan fingerprint density at radius 1 is 0.600 bits per heavy atom. The fourth-order valence-electron chi connectivity index (χ4n) is 6.22. The van der Waals surface area contributed by atoms with Crippen LogP contribution in [0.3, 0.4) is 0 Å². The molecule has 0 rings (SSSR count). The monoisotopic (exact) mass is 864 g/mol. The van der Waals surface area contributed by atoms with Crippen LogP contribution < -0.4 is 5.73 Å². The topological polar surface area (TPSA) is 155 Å². The molecule has 0 heterocycles. The zero-order chi connectivity index (χ0) is 44.0. The van der Waals surface area contributed by atoms with Crippen LogP contribution in [0.1, 0.15) is 187 Å². The quantitative estimate of drug-likeness (QED) is 0.0177. The van der Waals surface area contributed by atoms with Gasteiger partial charge in [-0.05, 0) is 44.9 Å². The summed E-state index contributed by atoms with van der Waals surface area (Å²) in [5, 5.41) is 10.2. The van der Waals surface area contributed by atoms with Gasteiger partial charge in [0.1, 0.15) is 6.61 Å². The molecule has 0 aromatic carbocycles. The fourth-order valence-corrected chi connectivity index (χ4v) is 6.98. The van der Waals surface area contributed by atoms with E-state index in [0.717, 1.165) is 44.9 Å². The molecule has 0 fully saturated rings. The highest BCUT2D eigenvalue weighted by molar-refractivity contribution is 7.47. The Balaban J connectivity index is 4.29. The van der Waals surface area contributed by atoms with E-state index in [4.69, 9.17) is 24.3 Å². The Labute approximate surface area is 365 Å². The molecule has 2 unspecified atom stereocenters. The first-order valence-electron chi connectivity index (χ1n) is 23.5. The summed E-state index contributed by atoms with van der Waals surface area (Å²) in [5.41, 5.74) is 5.35. The van der Waals surface area contributed by atoms with E-state index in [2.05, 4.69) is 50.3 Å². The van der Waals surface area contributed by atoms with Crippen LogP contribution in [0.5, 0.6) is 0 Å². The van der Waals surface area contributed by atoms with Gasteiger partial charge in [-0.3, -0.25) is 18.6 Å². The number of hydrogen-bond donors (Lipinski definition) is 3. The molecule has 0 bridgehead atoms. The van der Waals surface area contributed by atoms with Crippen molar-refractivity contribution >= 4 is 19.8 Å². The van der Waals surface area contributed by atoms with Crippen LogP contribution in [0.25, 0.3) is 0 Å². The van der Waals surface area contributed by atoms with Gasteiger partial charge in [0.15, 0.2) is 6.10 Å². The first kappa shape index (κ1) is 57.4. The third-order valence-electron chi connectivity index (χ3n) is 9.70. The number of carbonyl (C=O) groups is 2. The van der Waals surface area contributed by atoms with Crippen molar-refractivity contribution in [2.24, 2.45) is 5.73 Å². The zero-order valence-corrected chi connectivity index (χ0v) is 38.7. The van der Waals surface area contributed by atoms with E-state index in [9.17, 15) is 24.2 Å². The van der Waals surface area contributed by atoms with Crippen LogP contribution in [0.15, 0.2) is 72.9 Å². The minimum absolute atomic E-state index is 0.0273. The number of nitrogens with two attached hydrogens (primary N) is 1. The van der Waals surface area contributed by atoms with E-state index in [1.807, 2.05) is 18.2 Å². The number of hydrogen-bond acceptors (Lipinski definition) is 9. The second-order valence-electron chi connectivity index (χ2n) is 15.5. The molecule has 0 radical (unpaired) electrons. The number of phosphoric ester groups is 1. The molecule has 0 amide bonds. The van der Waals surface area contributed by atoms with Gasteiger partial charge in [0.2, 0.25) is 0 Å². The average Bonchev–Trinajstić information content (AvgIpc) is 3.23. The maximum absolute atomic E-state index is 12.6. The van der Waals surface area contributed by atoms with Gasteiger partial charge in [0, 0.05) is 19.4 Å². The number of phosphoric acid groups is 1. The summed E-state index contributed by atoms with van der Waals surface area (Å²) in [6.45, 7) is 3.43. The van der Waals surface area contributed by atoms with Crippen molar-refractivity contribution in [1.82, 2.24) is 0 Å². The van der Waals surface area contributed by atoms with Crippen LogP contribution >= 0.6 is 7.82 Å². The molecule has 0 saturated carbocycles. The van der Waals surface area contributed by atoms with Gasteiger partial charge in [-0.25, -0.2) is 4.57 Å². The lowest BCUT2D eigenvalue weighted by Crippen LogP contribution is -2.29. The van der Waals surface area contributed by atoms with Crippen LogP contribution in [0, 0.1) is 0 Å². The Hall–Kier alpha value is -2.59. The summed E-state index contributed by atoms with van der Waals surface area (Å²) >= 11 is 0. The van der Waals surface area contributed by atoms with Gasteiger partial charge in [-0.2, -0.15) is 0 Å². The number of rotatable bonds is 43. The standard InChI is InChI=1S/C49H86NO9P/c1-3-5-7-9-11-13-15-17-18-19-20-21-22-24-26-28-30-32-36-41-49(53)59-47(45-58-60(54,55)57-43-42-50)44-56-48(52)40-37-33-35-39-46(51)38-34-31-29-27-25-23-16-14-12-10-8-6-4-2/h6,8,12,14,23,25,29,31,33-35,38,46-47,51H,3-5,7,9-11,13,15-22,24,26-28,30,32,36-37,39-45,50H2,1-2H3,(H,54,55)/b8-6-,14-12-,25-23-,31-29-,35-33-,38-34-/t46?,47-/m1/s1. The lowest BCUT2D eigenvalue weighted by atomic mass is 10.0. The molecule has 0 aliphatic rings. The first-order valence-corrected chi connectivity index (χ1v) is 25.0. The van der Waals surface area contributed by atoms with E-state index < -0.39 is 38.6 Å². The third kappa shape index (κ3) is 43.5. The summed E-state index contributed by atoms with van der Waals surface area (Å²) in [4.78, 5) is 34.9. The summed E-state index contributed by atoms with van der Waals surface area (Å²) in [6, 6.07) is 0. The fraction of sp³-hybridized carbons (Fsp3) is 0.714. The highest BCUT2D eigenvalue weighted by atomic mass is 31.2. The van der Waals surface area contributed by atoms with Gasteiger partial charge in [0.25, 0.3) is 0 Å². The summed E-state index contributed by atoms with van der Waals surface area (Å²) in [6.07, 6.45) is 51.1. The van der Waals surface area contributed by atoms with E-state index in [1.54, 1.807) is 18.2 Å². The van der Waals surface area contributed by atoms with E-state index in [-0.39, 0.29) is 32.6 Å². The number of unbranched alkanes of at least 4 members (excludes halogenated alkanes) is 18. The van der Waals surface area contributed by atoms with Gasteiger partial charge in [-0.1, -0.05) is 202 Å². The Morgan fingerprint density at radius 2 is 1.12 bits per heavy atom. The minimum atomic E-state index is -4.42. The Morgan fingerprint density at radius 3 is 1.65 bits per heavy atom. The molecular weight excluding hydrogens is 778 g/mol. The highest BCUT2D eigenvalue weighted by Gasteiger charge is 2.26. The number of ether oxygens (including phenoxy) is 2. The number of allylic oxidation sites excluding steroid dienone is 10. The summed E-state index contributed by atoms with van der Waals surface area (Å²) in [7, 11) is -4.42. The Bertz CT molecular complexity index is 1230. The van der Waals surface area contributed by atoms with Crippen molar-refractivity contribution in [2.75, 3.05) is 26.4 Å². The molecule has 0 aromatic rings. The first-order chi connectivity index (χ1) is 29.2. The van der Waals surface area contributed by atoms with Crippen molar-refractivity contribution in [3.8, 4) is 0 Å². The normalized spacial score (nSPS) is 14.4. The molecule has 3 atom stereocenters. The predicted molar refractivity (Wildman–Crippen MR) is 248 cm³/mol. The second-order valence-corrected chi connectivity index (χ2v) is 16.9. The zero-order valence-electron chi connectivity index (χ0n) is 37.8. The van der Waals surface area contributed by atoms with E-state index in [1.165, 1.54) is 96.3 Å². The number of aliphatic hydroxyl groups excluding tert-OH is 1. The lowest BCUT2D eigenvalue weighted by Gasteiger charge is -2.19. The van der Waals surface area contributed by atoms with E-state index >= 15 is 0 Å². The molecular formula is C49H86NO9P. The van der Waals surface area contributed by atoms with Gasteiger partial charge >= 0.3 is 19.8 Å². The van der Waals surface area contributed by atoms with Crippen molar-refractivity contribution in [3.05, 3.63) is 72.9 Å². The molecule has 11 heteroatoms. The average molecular weight is 864 g/mol. The molecule has 10 nitrogen and oxygen atoms in total. The molecule has 0 aliphatic heterocycles. The van der Waals surface area contributed by atoms with Crippen LogP contribution in [0.4, 0.5) is 0 Å². The maximum Gasteiger partial charge on any atom is 0.472 e. The molecule has 0 aliphatic carbocycles. The van der Waals surface area contributed by atoms with Gasteiger partial charge in [-0.15, -0.1) is 0 Å².